The highest BCUT2D eigenvalue weighted by Gasteiger charge is 2.17. The molecule has 128 valence electrons. The van der Waals surface area contributed by atoms with Gasteiger partial charge in [0, 0.05) is 22.6 Å². The first-order valence-electron chi connectivity index (χ1n) is 8.06. The molecule has 26 heavy (non-hydrogen) atoms. The van der Waals surface area contributed by atoms with Gasteiger partial charge in [0.2, 0.25) is 0 Å². The van der Waals surface area contributed by atoms with Crippen LogP contribution in [-0.4, -0.2) is 10.9 Å². The Balaban J connectivity index is 1.82. The van der Waals surface area contributed by atoms with E-state index in [1.54, 1.807) is 30.3 Å². The third-order valence-electron chi connectivity index (χ3n) is 4.00. The van der Waals surface area contributed by atoms with Crippen LogP contribution in [-0.2, 0) is 0 Å². The lowest BCUT2D eigenvalue weighted by Crippen LogP contribution is -2.12. The quantitative estimate of drug-likeness (QED) is 0.714. The molecule has 0 fully saturated rings. The van der Waals surface area contributed by atoms with E-state index in [4.69, 9.17) is 11.6 Å². The fourth-order valence-electron chi connectivity index (χ4n) is 2.61. The van der Waals surface area contributed by atoms with Crippen LogP contribution in [0.25, 0.3) is 0 Å². The van der Waals surface area contributed by atoms with Crippen molar-refractivity contribution in [2.45, 2.75) is 12.8 Å². The number of hydrogen-bond acceptors (Lipinski definition) is 3. The molecule has 0 saturated carbocycles. The number of aromatic nitrogens is 1. The number of nitriles is 1. The zero-order valence-corrected chi connectivity index (χ0v) is 14.9. The number of aryl methyl sites for hydroxylation is 1. The summed E-state index contributed by atoms with van der Waals surface area (Å²) in [6, 6.07) is 20.4. The van der Waals surface area contributed by atoms with Crippen LogP contribution in [0.15, 0.2) is 66.9 Å². The van der Waals surface area contributed by atoms with E-state index in [0.29, 0.717) is 21.8 Å². The lowest BCUT2D eigenvalue weighted by atomic mass is 9.92. The van der Waals surface area contributed by atoms with Crippen molar-refractivity contribution in [2.24, 2.45) is 0 Å². The minimum absolute atomic E-state index is 0.263. The minimum Gasteiger partial charge on any atom is -0.322 e. The highest BCUT2D eigenvalue weighted by atomic mass is 35.5. The minimum atomic E-state index is -0.463. The van der Waals surface area contributed by atoms with Gasteiger partial charge in [-0.15, -0.1) is 0 Å². The van der Waals surface area contributed by atoms with Crippen molar-refractivity contribution in [3.63, 3.8) is 0 Å². The van der Waals surface area contributed by atoms with Gasteiger partial charge >= 0.3 is 0 Å². The van der Waals surface area contributed by atoms with Gasteiger partial charge < -0.3 is 5.32 Å². The third kappa shape index (κ3) is 3.90. The summed E-state index contributed by atoms with van der Waals surface area (Å²) < 4.78 is 0. The van der Waals surface area contributed by atoms with Crippen LogP contribution in [0.4, 0.5) is 5.69 Å². The SMILES string of the molecule is Cc1ccc(C(=O)Nc2ccc(C(C#N)c3ccccc3)c(Cl)c2)cn1. The zero-order chi connectivity index (χ0) is 18.5. The van der Waals surface area contributed by atoms with E-state index in [1.165, 1.54) is 6.20 Å². The molecule has 1 heterocycles. The number of amides is 1. The second-order valence-corrected chi connectivity index (χ2v) is 6.26. The van der Waals surface area contributed by atoms with Gasteiger partial charge in [-0.25, -0.2) is 0 Å². The predicted molar refractivity (Wildman–Crippen MR) is 102 cm³/mol. The van der Waals surface area contributed by atoms with Crippen molar-refractivity contribution in [1.29, 1.82) is 5.26 Å². The molecular weight excluding hydrogens is 346 g/mol. The average molecular weight is 362 g/mol. The molecule has 1 aromatic heterocycles. The Morgan fingerprint density at radius 3 is 2.54 bits per heavy atom. The molecule has 5 heteroatoms. The topological polar surface area (TPSA) is 65.8 Å². The van der Waals surface area contributed by atoms with E-state index in [1.807, 2.05) is 37.3 Å². The Hall–Kier alpha value is -3.16. The molecule has 1 amide bonds. The van der Waals surface area contributed by atoms with Gasteiger partial charge in [0.25, 0.3) is 5.91 Å². The van der Waals surface area contributed by atoms with Gasteiger partial charge in [-0.3, -0.25) is 9.78 Å². The Morgan fingerprint density at radius 1 is 1.15 bits per heavy atom. The lowest BCUT2D eigenvalue weighted by molar-refractivity contribution is 0.102. The van der Waals surface area contributed by atoms with Crippen molar-refractivity contribution >= 4 is 23.2 Å². The molecule has 1 atom stereocenters. The van der Waals surface area contributed by atoms with E-state index < -0.39 is 5.92 Å². The van der Waals surface area contributed by atoms with Gasteiger partial charge in [-0.1, -0.05) is 48.0 Å². The lowest BCUT2D eigenvalue weighted by Gasteiger charge is -2.13. The predicted octanol–water partition coefficient (Wildman–Crippen LogP) is 4.95. The van der Waals surface area contributed by atoms with E-state index in [9.17, 15) is 10.1 Å². The van der Waals surface area contributed by atoms with Crippen LogP contribution in [0.2, 0.25) is 5.02 Å². The summed E-state index contributed by atoms with van der Waals surface area (Å²) in [6.45, 7) is 1.86. The van der Waals surface area contributed by atoms with Crippen LogP contribution in [0, 0.1) is 18.3 Å². The Morgan fingerprint density at radius 2 is 1.92 bits per heavy atom. The molecule has 0 radical (unpaired) electrons. The Labute approximate surface area is 157 Å². The number of nitrogens with one attached hydrogen (secondary N) is 1. The molecule has 0 aliphatic heterocycles. The van der Waals surface area contributed by atoms with Crippen LogP contribution >= 0.6 is 11.6 Å². The molecule has 1 N–H and O–H groups in total. The molecule has 3 aromatic rings. The number of rotatable bonds is 4. The molecule has 1 unspecified atom stereocenters. The zero-order valence-electron chi connectivity index (χ0n) is 14.1. The molecular formula is C21H16ClN3O. The Kier molecular flexibility index (Phi) is 5.31. The number of nitrogens with zero attached hydrogens (tertiary/aromatic N) is 2. The second-order valence-electron chi connectivity index (χ2n) is 5.85. The first kappa shape index (κ1) is 17.7. The highest BCUT2D eigenvalue weighted by Crippen LogP contribution is 2.31. The van der Waals surface area contributed by atoms with Crippen LogP contribution in [0.5, 0.6) is 0 Å². The first-order valence-corrected chi connectivity index (χ1v) is 8.44. The van der Waals surface area contributed by atoms with Crippen molar-refractivity contribution in [3.05, 3.63) is 94.3 Å². The number of anilines is 1. The van der Waals surface area contributed by atoms with E-state index >= 15 is 0 Å². The van der Waals surface area contributed by atoms with Gasteiger partial charge in [-0.2, -0.15) is 5.26 Å². The van der Waals surface area contributed by atoms with Gasteiger partial charge in [0.05, 0.1) is 17.6 Å². The van der Waals surface area contributed by atoms with Gasteiger partial charge in [0.15, 0.2) is 0 Å². The molecule has 0 aliphatic rings. The summed E-state index contributed by atoms with van der Waals surface area (Å²) in [5, 5.41) is 12.8. The van der Waals surface area contributed by atoms with Crippen LogP contribution < -0.4 is 5.32 Å². The largest absolute Gasteiger partial charge is 0.322 e. The molecule has 4 nitrogen and oxygen atoms in total. The molecule has 0 saturated heterocycles. The second kappa shape index (κ2) is 7.81. The van der Waals surface area contributed by atoms with Crippen LogP contribution in [0.1, 0.15) is 33.1 Å². The fourth-order valence-corrected chi connectivity index (χ4v) is 2.90. The monoisotopic (exact) mass is 361 g/mol. The Bertz CT molecular complexity index is 963. The number of carbonyl (C=O) groups is 1. The summed E-state index contributed by atoms with van der Waals surface area (Å²) in [6.07, 6.45) is 1.53. The number of benzene rings is 2. The molecule has 2 aromatic carbocycles. The summed E-state index contributed by atoms with van der Waals surface area (Å²) in [5.74, 6) is -0.726. The standard InChI is InChI=1S/C21H16ClN3O/c1-14-7-8-16(13-24-14)21(26)25-17-9-10-18(20(22)11-17)19(12-23)15-5-3-2-4-6-15/h2-11,13,19H,1H3,(H,25,26). The van der Waals surface area contributed by atoms with Crippen molar-refractivity contribution in [3.8, 4) is 6.07 Å². The van der Waals surface area contributed by atoms with Gasteiger partial charge in [0.1, 0.15) is 0 Å². The van der Waals surface area contributed by atoms with Crippen molar-refractivity contribution < 1.29 is 4.79 Å². The van der Waals surface area contributed by atoms with Crippen LogP contribution in [0.3, 0.4) is 0 Å². The summed E-state index contributed by atoms with van der Waals surface area (Å²) >= 11 is 6.39. The maximum Gasteiger partial charge on any atom is 0.257 e. The van der Waals surface area contributed by atoms with Crippen molar-refractivity contribution in [1.82, 2.24) is 4.98 Å². The maximum absolute atomic E-state index is 12.3. The van der Waals surface area contributed by atoms with E-state index in [-0.39, 0.29) is 5.91 Å². The first-order chi connectivity index (χ1) is 12.6. The molecule has 0 spiro atoms. The van der Waals surface area contributed by atoms with Crippen molar-refractivity contribution in [2.75, 3.05) is 5.32 Å². The van der Waals surface area contributed by atoms with E-state index in [2.05, 4.69) is 16.4 Å². The number of hydrogen-bond donors (Lipinski definition) is 1. The van der Waals surface area contributed by atoms with Gasteiger partial charge in [-0.05, 0) is 42.3 Å². The normalized spacial score (nSPS) is 11.4. The third-order valence-corrected chi connectivity index (χ3v) is 4.33. The van der Waals surface area contributed by atoms with E-state index in [0.717, 1.165) is 11.3 Å². The molecule has 0 aliphatic carbocycles. The molecule has 3 rings (SSSR count). The average Bonchev–Trinajstić information content (AvgIpc) is 2.65. The molecule has 0 bridgehead atoms. The number of halogens is 1. The fraction of sp³-hybridized carbons (Fsp3) is 0.0952. The number of pyridine rings is 1. The maximum atomic E-state index is 12.3. The smallest absolute Gasteiger partial charge is 0.257 e. The summed E-state index contributed by atoms with van der Waals surface area (Å²) in [7, 11) is 0. The summed E-state index contributed by atoms with van der Waals surface area (Å²) in [4.78, 5) is 16.4. The number of carbonyl (C=O) groups excluding carboxylic acids is 1. The highest BCUT2D eigenvalue weighted by molar-refractivity contribution is 6.31. The summed E-state index contributed by atoms with van der Waals surface area (Å²) in [5.41, 5.74) is 3.45.